The Bertz CT molecular complexity index is 421. The minimum atomic E-state index is 0.398. The molecule has 0 aromatic carbocycles. The summed E-state index contributed by atoms with van der Waals surface area (Å²) in [5.74, 6) is 0.896. The largest absolute Gasteiger partial charge is 0.310 e. The van der Waals surface area contributed by atoms with Crippen LogP contribution < -0.4 is 5.32 Å². The molecule has 0 aliphatic heterocycles. The van der Waals surface area contributed by atoms with Gasteiger partial charge in [-0.25, -0.2) is 4.98 Å². The molecule has 1 unspecified atom stereocenters. The molecule has 0 aliphatic carbocycles. The van der Waals surface area contributed by atoms with E-state index in [0.29, 0.717) is 6.04 Å². The van der Waals surface area contributed by atoms with Gasteiger partial charge in [-0.2, -0.15) is 16.4 Å². The van der Waals surface area contributed by atoms with Crippen LogP contribution in [-0.4, -0.2) is 21.3 Å². The Kier molecular flexibility index (Phi) is 3.69. The normalized spacial score (nSPS) is 12.9. The van der Waals surface area contributed by atoms with Crippen molar-refractivity contribution >= 4 is 11.3 Å². The van der Waals surface area contributed by atoms with E-state index >= 15 is 0 Å². The average molecular weight is 236 g/mol. The lowest BCUT2D eigenvalue weighted by molar-refractivity contribution is 0.570. The van der Waals surface area contributed by atoms with Gasteiger partial charge in [-0.1, -0.05) is 0 Å². The molecule has 0 radical (unpaired) electrons. The maximum Gasteiger partial charge on any atom is 0.151 e. The first-order valence-corrected chi connectivity index (χ1v) is 6.30. The number of nitrogens with zero attached hydrogens (tertiary/aromatic N) is 3. The molecule has 2 aromatic heterocycles. The van der Waals surface area contributed by atoms with Crippen molar-refractivity contribution in [1.82, 2.24) is 20.1 Å². The first kappa shape index (κ1) is 11.3. The number of aryl methyl sites for hydroxylation is 1. The Hall–Kier alpha value is -1.20. The lowest BCUT2D eigenvalue weighted by atomic mass is 10.2. The predicted molar refractivity (Wildman–Crippen MR) is 65.4 cm³/mol. The number of hydrogen-bond acceptors (Lipinski definition) is 4. The monoisotopic (exact) mass is 236 g/mol. The highest BCUT2D eigenvalue weighted by Crippen LogP contribution is 2.15. The lowest BCUT2D eigenvalue weighted by Crippen LogP contribution is -2.21. The Labute approximate surface area is 99.3 Å². The second-order valence-electron chi connectivity index (χ2n) is 3.82. The molecule has 4 nitrogen and oxygen atoms in total. The van der Waals surface area contributed by atoms with Gasteiger partial charge >= 0.3 is 0 Å². The number of thiophene rings is 1. The summed E-state index contributed by atoms with van der Waals surface area (Å²) in [7, 11) is 1.89. The fourth-order valence-electron chi connectivity index (χ4n) is 1.54. The highest BCUT2D eigenvalue weighted by atomic mass is 32.1. The molecular weight excluding hydrogens is 220 g/mol. The van der Waals surface area contributed by atoms with E-state index in [1.807, 2.05) is 7.05 Å². The number of aromatic nitrogens is 3. The van der Waals surface area contributed by atoms with Crippen LogP contribution in [0, 0.1) is 0 Å². The summed E-state index contributed by atoms with van der Waals surface area (Å²) in [5.41, 5.74) is 1.35. The predicted octanol–water partition coefficient (Wildman–Crippen LogP) is 1.77. The molecule has 0 saturated carbocycles. The van der Waals surface area contributed by atoms with Crippen molar-refractivity contribution in [3.8, 4) is 0 Å². The molecule has 2 rings (SSSR count). The van der Waals surface area contributed by atoms with Gasteiger partial charge in [0, 0.05) is 26.1 Å². The van der Waals surface area contributed by atoms with Crippen molar-refractivity contribution in [2.24, 2.45) is 7.05 Å². The van der Waals surface area contributed by atoms with Gasteiger partial charge in [-0.3, -0.25) is 4.68 Å². The van der Waals surface area contributed by atoms with Gasteiger partial charge in [0.15, 0.2) is 5.82 Å². The molecule has 2 heterocycles. The summed E-state index contributed by atoms with van der Waals surface area (Å²) in [5, 5.41) is 12.0. The third kappa shape index (κ3) is 2.90. The minimum Gasteiger partial charge on any atom is -0.310 e. The molecule has 16 heavy (non-hydrogen) atoms. The van der Waals surface area contributed by atoms with Crippen LogP contribution in [0.1, 0.15) is 24.4 Å². The van der Waals surface area contributed by atoms with E-state index in [1.54, 1.807) is 22.3 Å². The Morgan fingerprint density at radius 2 is 2.44 bits per heavy atom. The summed E-state index contributed by atoms with van der Waals surface area (Å²) in [6, 6.07) is 2.55. The average Bonchev–Trinajstić information content (AvgIpc) is 2.89. The SMILES string of the molecule is CC(NCCc1ncn(C)n1)c1ccsc1. The van der Waals surface area contributed by atoms with E-state index in [9.17, 15) is 0 Å². The van der Waals surface area contributed by atoms with E-state index in [4.69, 9.17) is 0 Å². The maximum absolute atomic E-state index is 4.24. The van der Waals surface area contributed by atoms with Crippen molar-refractivity contribution < 1.29 is 0 Å². The van der Waals surface area contributed by atoms with Crippen molar-refractivity contribution in [1.29, 1.82) is 0 Å². The van der Waals surface area contributed by atoms with Crippen molar-refractivity contribution in [3.63, 3.8) is 0 Å². The Morgan fingerprint density at radius 3 is 3.06 bits per heavy atom. The van der Waals surface area contributed by atoms with Gasteiger partial charge in [0.25, 0.3) is 0 Å². The zero-order valence-electron chi connectivity index (χ0n) is 9.55. The van der Waals surface area contributed by atoms with Gasteiger partial charge in [0.2, 0.25) is 0 Å². The van der Waals surface area contributed by atoms with Crippen molar-refractivity contribution in [2.75, 3.05) is 6.54 Å². The molecule has 0 spiro atoms. The molecule has 0 saturated heterocycles. The summed E-state index contributed by atoms with van der Waals surface area (Å²) in [6.07, 6.45) is 2.60. The molecular formula is C11H16N4S. The van der Waals surface area contributed by atoms with E-state index < -0.39 is 0 Å². The van der Waals surface area contributed by atoms with Crippen LogP contribution in [0.2, 0.25) is 0 Å². The molecule has 5 heteroatoms. The first-order valence-electron chi connectivity index (χ1n) is 5.35. The molecule has 1 N–H and O–H groups in total. The molecule has 0 aliphatic rings. The zero-order valence-corrected chi connectivity index (χ0v) is 10.4. The standard InChI is InChI=1S/C11H16N4S/c1-9(10-4-6-16-7-10)12-5-3-11-13-8-15(2)14-11/h4,6-9,12H,3,5H2,1-2H3. The molecule has 86 valence electrons. The first-order chi connectivity index (χ1) is 7.75. The highest BCUT2D eigenvalue weighted by Gasteiger charge is 2.05. The third-order valence-corrected chi connectivity index (χ3v) is 3.19. The van der Waals surface area contributed by atoms with Gasteiger partial charge in [-0.05, 0) is 29.3 Å². The summed E-state index contributed by atoms with van der Waals surface area (Å²) >= 11 is 1.73. The maximum atomic E-state index is 4.24. The quantitative estimate of drug-likeness (QED) is 0.860. The van der Waals surface area contributed by atoms with Crippen LogP contribution in [0.5, 0.6) is 0 Å². The molecule has 1 atom stereocenters. The second-order valence-corrected chi connectivity index (χ2v) is 4.60. The Morgan fingerprint density at radius 1 is 1.56 bits per heavy atom. The van der Waals surface area contributed by atoms with E-state index in [2.05, 4.69) is 39.1 Å². The molecule has 0 bridgehead atoms. The minimum absolute atomic E-state index is 0.398. The van der Waals surface area contributed by atoms with Crippen LogP contribution in [0.4, 0.5) is 0 Å². The summed E-state index contributed by atoms with van der Waals surface area (Å²) in [6.45, 7) is 3.08. The molecule has 0 fully saturated rings. The smallest absolute Gasteiger partial charge is 0.151 e. The van der Waals surface area contributed by atoms with Gasteiger partial charge in [0.1, 0.15) is 6.33 Å². The summed E-state index contributed by atoms with van der Waals surface area (Å²) < 4.78 is 1.73. The van der Waals surface area contributed by atoms with Crippen LogP contribution in [0.25, 0.3) is 0 Å². The fourth-order valence-corrected chi connectivity index (χ4v) is 2.29. The van der Waals surface area contributed by atoms with Gasteiger partial charge in [0.05, 0.1) is 0 Å². The topological polar surface area (TPSA) is 42.7 Å². The van der Waals surface area contributed by atoms with Crippen LogP contribution in [-0.2, 0) is 13.5 Å². The van der Waals surface area contributed by atoms with Crippen LogP contribution in [0.15, 0.2) is 23.2 Å². The number of nitrogens with one attached hydrogen (secondary N) is 1. The fraction of sp³-hybridized carbons (Fsp3) is 0.455. The zero-order chi connectivity index (χ0) is 11.4. The van der Waals surface area contributed by atoms with Gasteiger partial charge in [-0.15, -0.1) is 0 Å². The highest BCUT2D eigenvalue weighted by molar-refractivity contribution is 7.07. The Balaban J connectivity index is 1.76. The van der Waals surface area contributed by atoms with Crippen LogP contribution in [0.3, 0.4) is 0 Å². The number of rotatable bonds is 5. The van der Waals surface area contributed by atoms with Crippen molar-refractivity contribution in [3.05, 3.63) is 34.5 Å². The number of hydrogen-bond donors (Lipinski definition) is 1. The molecule has 2 aromatic rings. The molecule has 0 amide bonds. The van der Waals surface area contributed by atoms with Crippen LogP contribution >= 0.6 is 11.3 Å². The van der Waals surface area contributed by atoms with Gasteiger partial charge < -0.3 is 5.32 Å². The second kappa shape index (κ2) is 5.23. The van der Waals surface area contributed by atoms with E-state index in [1.165, 1.54) is 5.56 Å². The van der Waals surface area contributed by atoms with E-state index in [-0.39, 0.29) is 0 Å². The summed E-state index contributed by atoms with van der Waals surface area (Å²) in [4.78, 5) is 4.19. The third-order valence-electron chi connectivity index (χ3n) is 2.49. The lowest BCUT2D eigenvalue weighted by Gasteiger charge is -2.11. The van der Waals surface area contributed by atoms with E-state index in [0.717, 1.165) is 18.8 Å². The van der Waals surface area contributed by atoms with Crippen molar-refractivity contribution in [2.45, 2.75) is 19.4 Å².